The van der Waals surface area contributed by atoms with Crippen molar-refractivity contribution in [3.05, 3.63) is 66.9 Å². The zero-order valence-electron chi connectivity index (χ0n) is 13.3. The van der Waals surface area contributed by atoms with Gasteiger partial charge in [-0.3, -0.25) is 0 Å². The molecule has 0 aliphatic carbocycles. The molecule has 0 aliphatic rings. The molecule has 0 unspecified atom stereocenters. The summed E-state index contributed by atoms with van der Waals surface area (Å²) < 4.78 is 56.4. The molecule has 8 heteroatoms. The highest BCUT2D eigenvalue weighted by Crippen LogP contribution is 2.33. The van der Waals surface area contributed by atoms with E-state index in [0.717, 1.165) is 12.1 Å². The molecule has 0 saturated carbocycles. The second-order valence-electron chi connectivity index (χ2n) is 5.72. The van der Waals surface area contributed by atoms with E-state index in [1.807, 2.05) is 0 Å². The van der Waals surface area contributed by atoms with E-state index >= 15 is 0 Å². The lowest BCUT2D eigenvalue weighted by Gasteiger charge is -2.11. The average Bonchev–Trinajstić information content (AvgIpc) is 3.20. The number of benzene rings is 1. The summed E-state index contributed by atoms with van der Waals surface area (Å²) in [5, 5.41) is 0. The molecule has 4 nitrogen and oxygen atoms in total. The molecule has 4 rings (SSSR count). The standard InChI is InChI=1S/C18H12F4N4/c19-12-2-3-13(14(20)7-12)17-18(26(10-24-17)9-15(21)22)11-1-4-16-23-5-6-25(16)8-11/h1-8,10,15H,9H2. The fourth-order valence-corrected chi connectivity index (χ4v) is 2.91. The maximum atomic E-state index is 14.3. The zero-order valence-corrected chi connectivity index (χ0v) is 13.3. The SMILES string of the molecule is Fc1ccc(-c2ncn(CC(F)F)c2-c2ccc3nccn3c2)c(F)c1. The van der Waals surface area contributed by atoms with Gasteiger partial charge in [-0.15, -0.1) is 0 Å². The molecule has 0 radical (unpaired) electrons. The molecular weight excluding hydrogens is 348 g/mol. The van der Waals surface area contributed by atoms with Gasteiger partial charge in [-0.25, -0.2) is 27.5 Å². The highest BCUT2D eigenvalue weighted by atomic mass is 19.3. The third kappa shape index (κ3) is 2.83. The summed E-state index contributed by atoms with van der Waals surface area (Å²) in [6.45, 7) is -0.590. The monoisotopic (exact) mass is 360 g/mol. The molecular formula is C18H12F4N4. The van der Waals surface area contributed by atoms with Gasteiger partial charge < -0.3 is 8.97 Å². The number of nitrogens with zero attached hydrogens (tertiary/aromatic N) is 4. The Morgan fingerprint density at radius 2 is 1.88 bits per heavy atom. The molecule has 1 aromatic carbocycles. The van der Waals surface area contributed by atoms with Gasteiger partial charge in [-0.05, 0) is 24.3 Å². The summed E-state index contributed by atoms with van der Waals surface area (Å²) in [5.41, 5.74) is 1.78. The summed E-state index contributed by atoms with van der Waals surface area (Å²) in [4.78, 5) is 8.25. The number of alkyl halides is 2. The van der Waals surface area contributed by atoms with Gasteiger partial charge in [0.05, 0.1) is 24.3 Å². The fraction of sp³-hybridized carbons (Fsp3) is 0.111. The fourth-order valence-electron chi connectivity index (χ4n) is 2.91. The normalized spacial score (nSPS) is 11.6. The van der Waals surface area contributed by atoms with Gasteiger partial charge in [0.2, 0.25) is 0 Å². The Morgan fingerprint density at radius 3 is 2.65 bits per heavy atom. The quantitative estimate of drug-likeness (QED) is 0.506. The molecule has 0 N–H and O–H groups in total. The molecule has 0 amide bonds. The lowest BCUT2D eigenvalue weighted by atomic mass is 10.1. The van der Waals surface area contributed by atoms with Crippen molar-refractivity contribution in [3.63, 3.8) is 0 Å². The van der Waals surface area contributed by atoms with Crippen LogP contribution >= 0.6 is 0 Å². The Kier molecular flexibility index (Phi) is 3.95. The predicted molar refractivity (Wildman–Crippen MR) is 87.8 cm³/mol. The van der Waals surface area contributed by atoms with E-state index < -0.39 is 24.6 Å². The first-order valence-corrected chi connectivity index (χ1v) is 7.75. The van der Waals surface area contributed by atoms with Crippen LogP contribution in [0.25, 0.3) is 28.2 Å². The first-order valence-electron chi connectivity index (χ1n) is 7.75. The summed E-state index contributed by atoms with van der Waals surface area (Å²) in [6, 6.07) is 6.52. The first kappa shape index (κ1) is 16.3. The van der Waals surface area contributed by atoms with E-state index in [0.29, 0.717) is 16.9 Å². The number of aromatic nitrogens is 4. The van der Waals surface area contributed by atoms with Crippen LogP contribution < -0.4 is 0 Å². The Balaban J connectivity index is 1.93. The Hall–Kier alpha value is -3.16. The summed E-state index contributed by atoms with van der Waals surface area (Å²) in [7, 11) is 0. The van der Waals surface area contributed by atoms with Gasteiger partial charge in [-0.1, -0.05) is 0 Å². The third-order valence-corrected chi connectivity index (χ3v) is 4.02. The van der Waals surface area contributed by atoms with Gasteiger partial charge in [0.15, 0.2) is 0 Å². The largest absolute Gasteiger partial charge is 0.324 e. The third-order valence-electron chi connectivity index (χ3n) is 4.02. The number of halogens is 4. The molecule has 0 bridgehead atoms. The van der Waals surface area contributed by atoms with Crippen LogP contribution in [0, 0.1) is 11.6 Å². The number of rotatable bonds is 4. The minimum atomic E-state index is -2.61. The summed E-state index contributed by atoms with van der Waals surface area (Å²) in [6.07, 6.45) is 3.65. The predicted octanol–water partition coefficient (Wildman–Crippen LogP) is 4.41. The van der Waals surface area contributed by atoms with Crippen LogP contribution in [0.3, 0.4) is 0 Å². The van der Waals surface area contributed by atoms with Crippen molar-refractivity contribution in [1.29, 1.82) is 0 Å². The van der Waals surface area contributed by atoms with Gasteiger partial charge in [0.1, 0.15) is 17.3 Å². The van der Waals surface area contributed by atoms with E-state index in [-0.39, 0.29) is 11.3 Å². The number of hydrogen-bond acceptors (Lipinski definition) is 2. The van der Waals surface area contributed by atoms with Crippen LogP contribution in [-0.4, -0.2) is 25.4 Å². The molecule has 4 aromatic rings. The smallest absolute Gasteiger partial charge is 0.256 e. The van der Waals surface area contributed by atoms with Crippen LogP contribution in [0.15, 0.2) is 55.2 Å². The van der Waals surface area contributed by atoms with Crippen LogP contribution in [0.1, 0.15) is 0 Å². The molecule has 3 aromatic heterocycles. The van der Waals surface area contributed by atoms with Crippen molar-refractivity contribution < 1.29 is 17.6 Å². The molecule has 0 aliphatic heterocycles. The van der Waals surface area contributed by atoms with E-state index in [9.17, 15) is 17.6 Å². The lowest BCUT2D eigenvalue weighted by Crippen LogP contribution is -2.07. The van der Waals surface area contributed by atoms with Crippen molar-refractivity contribution in [1.82, 2.24) is 18.9 Å². The number of hydrogen-bond donors (Lipinski definition) is 0. The summed E-state index contributed by atoms with van der Waals surface area (Å²) in [5.74, 6) is -1.53. The molecule has 26 heavy (non-hydrogen) atoms. The first-order chi connectivity index (χ1) is 12.5. The van der Waals surface area contributed by atoms with Crippen LogP contribution in [0.5, 0.6) is 0 Å². The second kappa shape index (κ2) is 6.29. The van der Waals surface area contributed by atoms with E-state index in [2.05, 4.69) is 9.97 Å². The van der Waals surface area contributed by atoms with Crippen LogP contribution in [0.4, 0.5) is 17.6 Å². The van der Waals surface area contributed by atoms with Gasteiger partial charge >= 0.3 is 0 Å². The van der Waals surface area contributed by atoms with Gasteiger partial charge in [0.25, 0.3) is 6.43 Å². The molecule has 0 spiro atoms. The molecule has 0 saturated heterocycles. The van der Waals surface area contributed by atoms with E-state index in [4.69, 9.17) is 0 Å². The van der Waals surface area contributed by atoms with Crippen molar-refractivity contribution in [2.24, 2.45) is 0 Å². The van der Waals surface area contributed by atoms with Gasteiger partial charge in [-0.2, -0.15) is 0 Å². The zero-order chi connectivity index (χ0) is 18.3. The Labute approximate surface area is 145 Å². The summed E-state index contributed by atoms with van der Waals surface area (Å²) >= 11 is 0. The number of imidazole rings is 2. The Bertz CT molecular complexity index is 1080. The number of fused-ring (bicyclic) bond motifs is 1. The van der Waals surface area contributed by atoms with Crippen molar-refractivity contribution >= 4 is 5.65 Å². The van der Waals surface area contributed by atoms with Gasteiger partial charge in [0, 0.05) is 35.8 Å². The van der Waals surface area contributed by atoms with Crippen LogP contribution in [-0.2, 0) is 6.54 Å². The highest BCUT2D eigenvalue weighted by Gasteiger charge is 2.20. The average molecular weight is 360 g/mol. The minimum Gasteiger partial charge on any atom is -0.324 e. The topological polar surface area (TPSA) is 35.1 Å². The van der Waals surface area contributed by atoms with Crippen LogP contribution in [0.2, 0.25) is 0 Å². The molecule has 3 heterocycles. The van der Waals surface area contributed by atoms with E-state index in [1.54, 1.807) is 35.1 Å². The molecule has 0 atom stereocenters. The number of pyridine rings is 1. The maximum Gasteiger partial charge on any atom is 0.256 e. The second-order valence-corrected chi connectivity index (χ2v) is 5.72. The van der Waals surface area contributed by atoms with Crippen molar-refractivity contribution in [3.8, 4) is 22.5 Å². The Morgan fingerprint density at radius 1 is 1.04 bits per heavy atom. The van der Waals surface area contributed by atoms with Crippen molar-refractivity contribution in [2.45, 2.75) is 13.0 Å². The lowest BCUT2D eigenvalue weighted by molar-refractivity contribution is 0.127. The molecule has 132 valence electrons. The van der Waals surface area contributed by atoms with E-state index in [1.165, 1.54) is 17.0 Å². The molecule has 0 fully saturated rings. The highest BCUT2D eigenvalue weighted by molar-refractivity contribution is 5.79. The maximum absolute atomic E-state index is 14.3. The van der Waals surface area contributed by atoms with Crippen molar-refractivity contribution in [2.75, 3.05) is 0 Å². The minimum absolute atomic E-state index is 0.0418.